The van der Waals surface area contributed by atoms with E-state index in [0.717, 1.165) is 19.3 Å². The standard InChI is InChI=1S/C21H32O6/c1-12-8-17(23)21(3)14(19(25)26-4)6-5-7-16(21)20(12,2)10-15(22)13-9-18(24)27-11-13/h9,12,14-17,22-23H,5-8,10-11H2,1-4H3/t12-,14?,15+,16-,17+,20+,21+/m1/s1. The third-order valence-electron chi connectivity index (χ3n) is 7.94. The summed E-state index contributed by atoms with van der Waals surface area (Å²) in [5.41, 5.74) is -0.239. The van der Waals surface area contributed by atoms with Gasteiger partial charge in [0, 0.05) is 17.1 Å². The molecule has 2 saturated carbocycles. The number of carbonyl (C=O) groups is 2. The van der Waals surface area contributed by atoms with Crippen molar-refractivity contribution in [2.45, 2.75) is 65.1 Å². The number of carbonyl (C=O) groups excluding carboxylic acids is 2. The van der Waals surface area contributed by atoms with Gasteiger partial charge < -0.3 is 19.7 Å². The van der Waals surface area contributed by atoms with E-state index in [0.29, 0.717) is 18.4 Å². The van der Waals surface area contributed by atoms with Crippen molar-refractivity contribution < 1.29 is 29.3 Å². The van der Waals surface area contributed by atoms with Crippen molar-refractivity contribution in [1.82, 2.24) is 0 Å². The van der Waals surface area contributed by atoms with E-state index in [9.17, 15) is 19.8 Å². The average Bonchev–Trinajstić information content (AvgIpc) is 3.06. The second-order valence-electron chi connectivity index (χ2n) is 9.13. The van der Waals surface area contributed by atoms with Gasteiger partial charge >= 0.3 is 11.9 Å². The summed E-state index contributed by atoms with van der Waals surface area (Å²) in [4.78, 5) is 23.9. The molecule has 27 heavy (non-hydrogen) atoms. The summed E-state index contributed by atoms with van der Waals surface area (Å²) in [5.74, 6) is -0.744. The highest BCUT2D eigenvalue weighted by atomic mass is 16.5. The number of ether oxygens (including phenoxy) is 2. The lowest BCUT2D eigenvalue weighted by molar-refractivity contribution is -0.199. The fraction of sp³-hybridized carbons (Fsp3) is 0.810. The quantitative estimate of drug-likeness (QED) is 0.727. The van der Waals surface area contributed by atoms with Crippen molar-refractivity contribution in [3.63, 3.8) is 0 Å². The van der Waals surface area contributed by atoms with Gasteiger partial charge in [-0.15, -0.1) is 0 Å². The Morgan fingerprint density at radius 3 is 2.70 bits per heavy atom. The van der Waals surface area contributed by atoms with Crippen molar-refractivity contribution in [3.05, 3.63) is 11.6 Å². The molecule has 3 rings (SSSR count). The molecule has 152 valence electrons. The first-order valence-electron chi connectivity index (χ1n) is 9.95. The molecule has 0 amide bonds. The van der Waals surface area contributed by atoms with Gasteiger partial charge in [0.25, 0.3) is 0 Å². The predicted molar refractivity (Wildman–Crippen MR) is 98.5 cm³/mol. The summed E-state index contributed by atoms with van der Waals surface area (Å²) in [6.07, 6.45) is 3.63. The first-order chi connectivity index (χ1) is 12.6. The topological polar surface area (TPSA) is 93.1 Å². The van der Waals surface area contributed by atoms with Crippen molar-refractivity contribution in [2.75, 3.05) is 13.7 Å². The van der Waals surface area contributed by atoms with Crippen LogP contribution in [0.2, 0.25) is 0 Å². The Morgan fingerprint density at radius 1 is 1.41 bits per heavy atom. The normalized spacial score (nSPS) is 42.7. The highest BCUT2D eigenvalue weighted by Crippen LogP contribution is 2.63. The Hall–Kier alpha value is -1.40. The number of cyclic esters (lactones) is 1. The Balaban J connectivity index is 1.93. The molecule has 1 unspecified atom stereocenters. The number of hydrogen-bond acceptors (Lipinski definition) is 6. The van der Waals surface area contributed by atoms with Crippen molar-refractivity contribution >= 4 is 11.9 Å². The van der Waals surface area contributed by atoms with E-state index >= 15 is 0 Å². The monoisotopic (exact) mass is 380 g/mol. The van der Waals surface area contributed by atoms with E-state index in [1.54, 1.807) is 0 Å². The number of rotatable bonds is 4. The lowest BCUT2D eigenvalue weighted by Gasteiger charge is -2.62. The van der Waals surface area contributed by atoms with Crippen LogP contribution in [-0.4, -0.2) is 48.1 Å². The van der Waals surface area contributed by atoms with Gasteiger partial charge in [-0.25, -0.2) is 4.79 Å². The predicted octanol–water partition coefficient (Wildman–Crippen LogP) is 2.22. The second-order valence-corrected chi connectivity index (χ2v) is 9.13. The summed E-state index contributed by atoms with van der Waals surface area (Å²) in [5, 5.41) is 21.8. The highest BCUT2D eigenvalue weighted by Gasteiger charge is 2.62. The van der Waals surface area contributed by atoms with Crippen molar-refractivity contribution in [3.8, 4) is 0 Å². The number of fused-ring (bicyclic) bond motifs is 1. The molecule has 0 aromatic carbocycles. The summed E-state index contributed by atoms with van der Waals surface area (Å²) in [6.45, 7) is 6.43. The minimum Gasteiger partial charge on any atom is -0.469 e. The molecule has 0 aromatic heterocycles. The number of hydrogen-bond donors (Lipinski definition) is 2. The van der Waals surface area contributed by atoms with Gasteiger partial charge in [0.2, 0.25) is 0 Å². The van der Waals surface area contributed by atoms with Gasteiger partial charge in [-0.2, -0.15) is 0 Å². The van der Waals surface area contributed by atoms with Crippen LogP contribution in [0.4, 0.5) is 0 Å². The van der Waals surface area contributed by atoms with Gasteiger partial charge in [0.15, 0.2) is 0 Å². The zero-order chi connectivity index (χ0) is 20.0. The van der Waals surface area contributed by atoms with E-state index in [1.165, 1.54) is 13.2 Å². The summed E-state index contributed by atoms with van der Waals surface area (Å²) >= 11 is 0. The Bertz CT molecular complexity index is 643. The van der Waals surface area contributed by atoms with Crippen LogP contribution in [-0.2, 0) is 19.1 Å². The fourth-order valence-corrected chi connectivity index (χ4v) is 6.08. The third kappa shape index (κ3) is 3.21. The zero-order valence-corrected chi connectivity index (χ0v) is 16.7. The molecule has 2 aliphatic carbocycles. The average molecular weight is 380 g/mol. The molecular weight excluding hydrogens is 348 g/mol. The number of esters is 2. The van der Waals surface area contributed by atoms with Crippen LogP contribution < -0.4 is 0 Å². The second kappa shape index (κ2) is 7.21. The van der Waals surface area contributed by atoms with Gasteiger partial charge in [-0.05, 0) is 42.9 Å². The summed E-state index contributed by atoms with van der Waals surface area (Å²) in [6, 6.07) is 0. The first kappa shape index (κ1) is 20.3. The molecule has 6 heteroatoms. The molecule has 1 aliphatic heterocycles. The van der Waals surface area contributed by atoms with E-state index in [4.69, 9.17) is 9.47 Å². The maximum Gasteiger partial charge on any atom is 0.331 e. The molecule has 0 radical (unpaired) electrons. The summed E-state index contributed by atoms with van der Waals surface area (Å²) < 4.78 is 10.0. The van der Waals surface area contributed by atoms with Crippen molar-refractivity contribution in [2.24, 2.45) is 28.6 Å². The first-order valence-corrected chi connectivity index (χ1v) is 9.95. The number of aliphatic hydroxyl groups excluding tert-OH is 2. The van der Waals surface area contributed by atoms with Gasteiger partial charge in [-0.3, -0.25) is 4.79 Å². The maximum atomic E-state index is 12.5. The zero-order valence-electron chi connectivity index (χ0n) is 16.7. The van der Waals surface area contributed by atoms with Crippen LogP contribution in [0.3, 0.4) is 0 Å². The van der Waals surface area contributed by atoms with Crippen LogP contribution in [0.15, 0.2) is 11.6 Å². The minimum absolute atomic E-state index is 0.0786. The third-order valence-corrected chi connectivity index (χ3v) is 7.94. The smallest absolute Gasteiger partial charge is 0.331 e. The minimum atomic E-state index is -0.762. The molecule has 2 N–H and O–H groups in total. The molecule has 1 heterocycles. The molecule has 0 aromatic rings. The van der Waals surface area contributed by atoms with E-state index in [-0.39, 0.29) is 35.7 Å². The lowest BCUT2D eigenvalue weighted by atomic mass is 9.43. The number of methoxy groups -OCH3 is 1. The highest BCUT2D eigenvalue weighted by molar-refractivity contribution is 5.85. The van der Waals surface area contributed by atoms with E-state index in [1.807, 2.05) is 6.92 Å². The molecule has 0 spiro atoms. The Morgan fingerprint density at radius 2 is 2.11 bits per heavy atom. The van der Waals surface area contributed by atoms with E-state index in [2.05, 4.69) is 13.8 Å². The lowest BCUT2D eigenvalue weighted by Crippen LogP contribution is -2.61. The van der Waals surface area contributed by atoms with Crippen LogP contribution in [0.1, 0.15) is 52.9 Å². The van der Waals surface area contributed by atoms with E-state index < -0.39 is 23.6 Å². The molecule has 7 atom stereocenters. The van der Waals surface area contributed by atoms with Crippen molar-refractivity contribution in [1.29, 1.82) is 0 Å². The number of aliphatic hydroxyl groups is 2. The maximum absolute atomic E-state index is 12.5. The van der Waals surface area contributed by atoms with Crippen LogP contribution in [0.25, 0.3) is 0 Å². The Kier molecular flexibility index (Phi) is 5.43. The van der Waals surface area contributed by atoms with Crippen LogP contribution in [0, 0.1) is 28.6 Å². The van der Waals surface area contributed by atoms with Crippen LogP contribution >= 0.6 is 0 Å². The van der Waals surface area contributed by atoms with Gasteiger partial charge in [-0.1, -0.05) is 27.2 Å². The SMILES string of the molecule is COC(=O)C1CCC[C@@H]2[C@@](C)(C[C@H](O)C3=CC(=O)OC3)[C@H](C)C[C@H](O)[C@@]12C. The molecule has 0 saturated heterocycles. The largest absolute Gasteiger partial charge is 0.469 e. The van der Waals surface area contributed by atoms with Crippen LogP contribution in [0.5, 0.6) is 0 Å². The molecule has 0 bridgehead atoms. The van der Waals surface area contributed by atoms with Gasteiger partial charge in [0.05, 0.1) is 25.2 Å². The Labute approximate surface area is 160 Å². The molecule has 3 aliphatic rings. The molecule has 6 nitrogen and oxygen atoms in total. The summed E-state index contributed by atoms with van der Waals surface area (Å²) in [7, 11) is 1.40. The molecule has 2 fully saturated rings. The molecular formula is C21H32O6. The fourth-order valence-electron chi connectivity index (χ4n) is 6.08. The van der Waals surface area contributed by atoms with Gasteiger partial charge in [0.1, 0.15) is 6.61 Å².